The van der Waals surface area contributed by atoms with Crippen LogP contribution in [0, 0.1) is 0 Å². The number of hydrogen-bond acceptors (Lipinski definition) is 4. The van der Waals surface area contributed by atoms with Crippen LogP contribution in [0.15, 0.2) is 48.5 Å². The lowest BCUT2D eigenvalue weighted by Crippen LogP contribution is -2.23. The quantitative estimate of drug-likeness (QED) is 0.830. The van der Waals surface area contributed by atoms with E-state index in [9.17, 15) is 19.5 Å². The third kappa shape index (κ3) is 2.00. The number of benzene rings is 2. The summed E-state index contributed by atoms with van der Waals surface area (Å²) in [5, 5.41) is 19.2. The maximum Gasteiger partial charge on any atom is 0.335 e. The summed E-state index contributed by atoms with van der Waals surface area (Å²) in [5.74, 6) is -2.87. The van der Waals surface area contributed by atoms with Gasteiger partial charge in [0.05, 0.1) is 11.1 Å². The van der Waals surface area contributed by atoms with Gasteiger partial charge in [0.15, 0.2) is 0 Å². The molecule has 5 heteroatoms. The van der Waals surface area contributed by atoms with Crippen LogP contribution in [0.2, 0.25) is 0 Å². The summed E-state index contributed by atoms with van der Waals surface area (Å²) in [5.41, 5.74) is 0.704. The van der Waals surface area contributed by atoms with Gasteiger partial charge in [-0.1, -0.05) is 36.4 Å². The average molecular weight is 294 g/mol. The molecule has 0 spiro atoms. The third-order valence-electron chi connectivity index (χ3n) is 3.52. The first-order valence-electron chi connectivity index (χ1n) is 6.46. The smallest absolute Gasteiger partial charge is 0.335 e. The van der Waals surface area contributed by atoms with Crippen molar-refractivity contribution in [2.45, 2.75) is 0 Å². The third-order valence-corrected chi connectivity index (χ3v) is 3.52. The Hall–Kier alpha value is -3.21. The summed E-state index contributed by atoms with van der Waals surface area (Å²) in [6.45, 7) is 0. The standard InChI is InChI=1S/C17H10O5/c18-14-11-3-1-2-4-12(11)15(19)16(20)13(14)9-5-7-10(8-6-9)17(21)22/h1-8,18H,(H,21,22). The number of carbonyl (C=O) groups excluding carboxylic acids is 2. The maximum atomic E-state index is 12.2. The Labute approximate surface area is 125 Å². The number of rotatable bonds is 2. The van der Waals surface area contributed by atoms with Gasteiger partial charge in [0.25, 0.3) is 0 Å². The van der Waals surface area contributed by atoms with Gasteiger partial charge in [0.1, 0.15) is 5.76 Å². The zero-order valence-corrected chi connectivity index (χ0v) is 11.2. The van der Waals surface area contributed by atoms with Crippen molar-refractivity contribution in [3.05, 3.63) is 70.8 Å². The van der Waals surface area contributed by atoms with Crippen molar-refractivity contribution in [2.75, 3.05) is 0 Å². The van der Waals surface area contributed by atoms with Crippen molar-refractivity contribution in [3.8, 4) is 0 Å². The fraction of sp³-hybridized carbons (Fsp3) is 0. The van der Waals surface area contributed by atoms with Crippen LogP contribution in [-0.4, -0.2) is 27.7 Å². The van der Waals surface area contributed by atoms with Gasteiger partial charge in [-0.2, -0.15) is 0 Å². The van der Waals surface area contributed by atoms with E-state index in [4.69, 9.17) is 5.11 Å². The number of fused-ring (bicyclic) bond motifs is 1. The number of carboxylic acid groups (broad SMARTS) is 1. The molecule has 0 aliphatic heterocycles. The monoisotopic (exact) mass is 294 g/mol. The van der Waals surface area contributed by atoms with Crippen LogP contribution in [0.1, 0.15) is 31.8 Å². The molecule has 3 rings (SSSR count). The molecule has 22 heavy (non-hydrogen) atoms. The summed E-state index contributed by atoms with van der Waals surface area (Å²) in [7, 11) is 0. The highest BCUT2D eigenvalue weighted by atomic mass is 16.4. The number of aliphatic hydroxyl groups excluding tert-OH is 1. The molecule has 108 valence electrons. The Bertz CT molecular complexity index is 844. The van der Waals surface area contributed by atoms with E-state index in [-0.39, 0.29) is 22.5 Å². The number of Topliss-reactive ketones (excluding diaryl/α,β-unsaturated/α-hetero) is 2. The minimum absolute atomic E-state index is 0.0545. The Kier molecular flexibility index (Phi) is 3.10. The lowest BCUT2D eigenvalue weighted by Gasteiger charge is -2.17. The highest BCUT2D eigenvalue weighted by Gasteiger charge is 2.33. The van der Waals surface area contributed by atoms with Crippen LogP contribution in [-0.2, 0) is 4.79 Å². The highest BCUT2D eigenvalue weighted by molar-refractivity contribution is 6.62. The molecule has 0 fully saturated rings. The molecule has 0 bridgehead atoms. The van der Waals surface area contributed by atoms with Gasteiger partial charge in [-0.25, -0.2) is 4.79 Å². The number of aromatic carboxylic acids is 1. The molecule has 0 saturated carbocycles. The fourth-order valence-corrected chi connectivity index (χ4v) is 2.41. The second kappa shape index (κ2) is 4.96. The fourth-order valence-electron chi connectivity index (χ4n) is 2.41. The van der Waals surface area contributed by atoms with Crippen LogP contribution >= 0.6 is 0 Å². The molecule has 0 aromatic heterocycles. The zero-order chi connectivity index (χ0) is 15.9. The number of carbonyl (C=O) groups is 3. The van der Waals surface area contributed by atoms with Gasteiger partial charge < -0.3 is 10.2 Å². The van der Waals surface area contributed by atoms with Gasteiger partial charge in [-0.15, -0.1) is 0 Å². The molecule has 2 aromatic carbocycles. The molecule has 2 aromatic rings. The predicted octanol–water partition coefficient (Wildman–Crippen LogP) is 2.58. The van der Waals surface area contributed by atoms with Crippen molar-refractivity contribution in [1.82, 2.24) is 0 Å². The number of aliphatic hydroxyl groups is 1. The molecule has 0 saturated heterocycles. The zero-order valence-electron chi connectivity index (χ0n) is 11.2. The minimum Gasteiger partial charge on any atom is -0.506 e. The van der Waals surface area contributed by atoms with Crippen molar-refractivity contribution in [3.63, 3.8) is 0 Å². The first kappa shape index (κ1) is 13.8. The highest BCUT2D eigenvalue weighted by Crippen LogP contribution is 2.33. The molecule has 0 radical (unpaired) electrons. The Morgan fingerprint density at radius 1 is 0.818 bits per heavy atom. The molecular formula is C17H10O5. The van der Waals surface area contributed by atoms with E-state index in [1.54, 1.807) is 18.2 Å². The molecule has 5 nitrogen and oxygen atoms in total. The summed E-state index contributed by atoms with van der Waals surface area (Å²) in [4.78, 5) is 35.2. The Balaban J connectivity index is 2.19. The first-order chi connectivity index (χ1) is 10.5. The molecule has 0 atom stereocenters. The van der Waals surface area contributed by atoms with Gasteiger partial charge in [0, 0.05) is 11.1 Å². The van der Waals surface area contributed by atoms with Crippen molar-refractivity contribution in [1.29, 1.82) is 0 Å². The molecule has 1 aliphatic rings. The predicted molar refractivity (Wildman–Crippen MR) is 78.6 cm³/mol. The molecule has 0 unspecified atom stereocenters. The molecule has 2 N–H and O–H groups in total. The van der Waals surface area contributed by atoms with Gasteiger partial charge >= 0.3 is 5.97 Å². The summed E-state index contributed by atoms with van der Waals surface area (Å²) >= 11 is 0. The summed E-state index contributed by atoms with van der Waals surface area (Å²) in [6.07, 6.45) is 0. The van der Waals surface area contributed by atoms with E-state index in [1.807, 2.05) is 0 Å². The molecule has 0 amide bonds. The van der Waals surface area contributed by atoms with Crippen LogP contribution in [0.4, 0.5) is 0 Å². The number of hydrogen-bond donors (Lipinski definition) is 2. The van der Waals surface area contributed by atoms with E-state index in [1.165, 1.54) is 30.3 Å². The second-order valence-corrected chi connectivity index (χ2v) is 4.81. The normalized spacial score (nSPS) is 14.0. The van der Waals surface area contributed by atoms with Crippen LogP contribution in [0.3, 0.4) is 0 Å². The van der Waals surface area contributed by atoms with Crippen LogP contribution in [0.25, 0.3) is 11.3 Å². The average Bonchev–Trinajstić information content (AvgIpc) is 2.53. The molecular weight excluding hydrogens is 284 g/mol. The minimum atomic E-state index is -1.10. The largest absolute Gasteiger partial charge is 0.506 e. The SMILES string of the molecule is O=C1C(=O)c2ccccc2C(O)=C1c1ccc(C(=O)O)cc1. The number of carboxylic acids is 1. The van der Waals surface area contributed by atoms with E-state index >= 15 is 0 Å². The van der Waals surface area contributed by atoms with E-state index in [0.29, 0.717) is 11.1 Å². The van der Waals surface area contributed by atoms with E-state index < -0.39 is 17.5 Å². The van der Waals surface area contributed by atoms with Crippen molar-refractivity contribution in [2.24, 2.45) is 0 Å². The lowest BCUT2D eigenvalue weighted by atomic mass is 9.85. The Morgan fingerprint density at radius 2 is 1.41 bits per heavy atom. The topological polar surface area (TPSA) is 91.7 Å². The molecule has 1 aliphatic carbocycles. The lowest BCUT2D eigenvalue weighted by molar-refractivity contribution is -0.110. The maximum absolute atomic E-state index is 12.2. The van der Waals surface area contributed by atoms with Crippen LogP contribution in [0.5, 0.6) is 0 Å². The van der Waals surface area contributed by atoms with Gasteiger partial charge in [-0.3, -0.25) is 9.59 Å². The van der Waals surface area contributed by atoms with Gasteiger partial charge in [-0.05, 0) is 17.7 Å². The Morgan fingerprint density at radius 3 is 2.00 bits per heavy atom. The number of ketones is 2. The first-order valence-corrected chi connectivity index (χ1v) is 6.46. The van der Waals surface area contributed by atoms with E-state index in [2.05, 4.69) is 0 Å². The molecule has 0 heterocycles. The second-order valence-electron chi connectivity index (χ2n) is 4.81. The van der Waals surface area contributed by atoms with Crippen LogP contribution < -0.4 is 0 Å². The van der Waals surface area contributed by atoms with E-state index in [0.717, 1.165) is 0 Å². The number of allylic oxidation sites excluding steroid dienone is 1. The summed E-state index contributed by atoms with van der Waals surface area (Å²) < 4.78 is 0. The van der Waals surface area contributed by atoms with Gasteiger partial charge in [0.2, 0.25) is 11.6 Å². The summed E-state index contributed by atoms with van der Waals surface area (Å²) in [6, 6.07) is 11.7. The van der Waals surface area contributed by atoms with Crippen molar-refractivity contribution >= 4 is 28.9 Å². The van der Waals surface area contributed by atoms with Crippen molar-refractivity contribution < 1.29 is 24.6 Å².